The standard InChI is InChI=1S/C10H14O/c1-8-6-9-4-2-3-5-10(9)7-11-8/h6H,2-5,7H2,1H3. The summed E-state index contributed by atoms with van der Waals surface area (Å²) in [5, 5.41) is 0. The first-order valence-electron chi connectivity index (χ1n) is 4.38. The Balaban J connectivity index is 2.25. The summed E-state index contributed by atoms with van der Waals surface area (Å²) < 4.78 is 5.45. The summed E-state index contributed by atoms with van der Waals surface area (Å²) in [6.07, 6.45) is 7.46. The van der Waals surface area contributed by atoms with Crippen LogP contribution >= 0.6 is 0 Å². The Labute approximate surface area is 67.7 Å². The van der Waals surface area contributed by atoms with Gasteiger partial charge in [0.05, 0.1) is 5.76 Å². The van der Waals surface area contributed by atoms with E-state index < -0.39 is 0 Å². The fourth-order valence-corrected chi connectivity index (χ4v) is 1.82. The normalized spacial score (nSPS) is 23.9. The Morgan fingerprint density at radius 2 is 2.09 bits per heavy atom. The minimum atomic E-state index is 0.859. The second kappa shape index (κ2) is 2.72. The molecular formula is C10H14O. The van der Waals surface area contributed by atoms with Crippen molar-refractivity contribution in [3.05, 3.63) is 23.0 Å². The molecule has 0 saturated carbocycles. The molecule has 0 unspecified atom stereocenters. The van der Waals surface area contributed by atoms with Gasteiger partial charge >= 0.3 is 0 Å². The van der Waals surface area contributed by atoms with Crippen LogP contribution in [0.5, 0.6) is 0 Å². The lowest BCUT2D eigenvalue weighted by atomic mass is 9.91. The van der Waals surface area contributed by atoms with E-state index in [1.165, 1.54) is 25.7 Å². The first-order chi connectivity index (χ1) is 5.36. The molecule has 60 valence electrons. The third kappa shape index (κ3) is 1.32. The minimum Gasteiger partial charge on any atom is -0.494 e. The predicted octanol–water partition coefficient (Wildman–Crippen LogP) is 2.79. The highest BCUT2D eigenvalue weighted by Crippen LogP contribution is 2.29. The van der Waals surface area contributed by atoms with Crippen LogP contribution in [0.25, 0.3) is 0 Å². The number of hydrogen-bond donors (Lipinski definition) is 0. The van der Waals surface area contributed by atoms with Crippen LogP contribution in [0.15, 0.2) is 23.0 Å². The molecule has 1 heterocycles. The molecule has 0 saturated heterocycles. The van der Waals surface area contributed by atoms with Crippen molar-refractivity contribution in [1.82, 2.24) is 0 Å². The van der Waals surface area contributed by atoms with Crippen LogP contribution in [0.2, 0.25) is 0 Å². The molecule has 1 nitrogen and oxygen atoms in total. The fourth-order valence-electron chi connectivity index (χ4n) is 1.82. The highest BCUT2D eigenvalue weighted by atomic mass is 16.5. The van der Waals surface area contributed by atoms with Crippen molar-refractivity contribution in [2.24, 2.45) is 0 Å². The molecule has 1 aliphatic carbocycles. The molecule has 2 rings (SSSR count). The molecule has 0 bridgehead atoms. The van der Waals surface area contributed by atoms with Gasteiger partial charge in [-0.1, -0.05) is 0 Å². The van der Waals surface area contributed by atoms with Gasteiger partial charge in [0.2, 0.25) is 0 Å². The SMILES string of the molecule is CC1=CC2=C(CCCC2)CO1. The zero-order valence-corrected chi connectivity index (χ0v) is 7.02. The molecule has 2 aliphatic rings. The van der Waals surface area contributed by atoms with Gasteiger partial charge in [0, 0.05) is 0 Å². The topological polar surface area (TPSA) is 9.23 Å². The van der Waals surface area contributed by atoms with Gasteiger partial charge in [-0.2, -0.15) is 0 Å². The molecule has 0 N–H and O–H groups in total. The molecule has 0 atom stereocenters. The summed E-state index contributed by atoms with van der Waals surface area (Å²) in [5.74, 6) is 1.09. The summed E-state index contributed by atoms with van der Waals surface area (Å²) in [4.78, 5) is 0. The van der Waals surface area contributed by atoms with Crippen LogP contribution in [0.1, 0.15) is 32.6 Å². The highest BCUT2D eigenvalue weighted by molar-refractivity contribution is 5.31. The van der Waals surface area contributed by atoms with E-state index >= 15 is 0 Å². The van der Waals surface area contributed by atoms with E-state index in [1.54, 1.807) is 11.1 Å². The van der Waals surface area contributed by atoms with Gasteiger partial charge in [0.15, 0.2) is 0 Å². The average molecular weight is 150 g/mol. The predicted molar refractivity (Wildman–Crippen MR) is 45.2 cm³/mol. The van der Waals surface area contributed by atoms with Crippen LogP contribution in [-0.2, 0) is 4.74 Å². The second-order valence-electron chi connectivity index (χ2n) is 3.38. The average Bonchev–Trinajstić information content (AvgIpc) is 2.04. The molecule has 0 aromatic heterocycles. The lowest BCUT2D eigenvalue weighted by molar-refractivity contribution is 0.228. The van der Waals surface area contributed by atoms with Crippen molar-refractivity contribution < 1.29 is 4.74 Å². The molecule has 0 aromatic carbocycles. The molecule has 0 fully saturated rings. The quantitative estimate of drug-likeness (QED) is 0.516. The van der Waals surface area contributed by atoms with Gasteiger partial charge in [-0.25, -0.2) is 0 Å². The number of allylic oxidation sites excluding steroid dienone is 3. The van der Waals surface area contributed by atoms with Crippen molar-refractivity contribution in [3.63, 3.8) is 0 Å². The Morgan fingerprint density at radius 3 is 3.00 bits per heavy atom. The van der Waals surface area contributed by atoms with Crippen molar-refractivity contribution in [2.75, 3.05) is 6.61 Å². The van der Waals surface area contributed by atoms with E-state index in [0.29, 0.717) is 0 Å². The minimum absolute atomic E-state index is 0.859. The van der Waals surface area contributed by atoms with Crippen molar-refractivity contribution in [3.8, 4) is 0 Å². The molecule has 0 spiro atoms. The number of ether oxygens (including phenoxy) is 1. The highest BCUT2D eigenvalue weighted by Gasteiger charge is 2.15. The Kier molecular flexibility index (Phi) is 1.72. The van der Waals surface area contributed by atoms with E-state index in [1.807, 2.05) is 6.92 Å². The molecular weight excluding hydrogens is 136 g/mol. The van der Waals surface area contributed by atoms with Crippen molar-refractivity contribution in [2.45, 2.75) is 32.6 Å². The summed E-state index contributed by atoms with van der Waals surface area (Å²) >= 11 is 0. The van der Waals surface area contributed by atoms with Crippen LogP contribution < -0.4 is 0 Å². The first-order valence-corrected chi connectivity index (χ1v) is 4.38. The van der Waals surface area contributed by atoms with Crippen LogP contribution in [0.4, 0.5) is 0 Å². The van der Waals surface area contributed by atoms with Gasteiger partial charge in [-0.05, 0) is 49.8 Å². The van der Waals surface area contributed by atoms with Gasteiger partial charge in [0.1, 0.15) is 6.61 Å². The van der Waals surface area contributed by atoms with Gasteiger partial charge in [0.25, 0.3) is 0 Å². The zero-order chi connectivity index (χ0) is 7.68. The molecule has 0 aromatic rings. The van der Waals surface area contributed by atoms with Gasteiger partial charge < -0.3 is 4.74 Å². The van der Waals surface area contributed by atoms with E-state index in [-0.39, 0.29) is 0 Å². The maximum absolute atomic E-state index is 5.45. The molecule has 11 heavy (non-hydrogen) atoms. The van der Waals surface area contributed by atoms with Crippen molar-refractivity contribution >= 4 is 0 Å². The fraction of sp³-hybridized carbons (Fsp3) is 0.600. The summed E-state index contributed by atoms with van der Waals surface area (Å²) in [5.41, 5.74) is 3.10. The Hall–Kier alpha value is -0.720. The maximum atomic E-state index is 5.45. The Bertz CT molecular complexity index is 223. The molecule has 0 amide bonds. The summed E-state index contributed by atoms with van der Waals surface area (Å²) in [7, 11) is 0. The zero-order valence-electron chi connectivity index (χ0n) is 7.02. The number of rotatable bonds is 0. The van der Waals surface area contributed by atoms with E-state index in [0.717, 1.165) is 12.4 Å². The first kappa shape index (κ1) is 6.96. The van der Waals surface area contributed by atoms with Crippen LogP contribution in [-0.4, -0.2) is 6.61 Å². The smallest absolute Gasteiger partial charge is 0.109 e. The van der Waals surface area contributed by atoms with E-state index in [2.05, 4.69) is 6.08 Å². The largest absolute Gasteiger partial charge is 0.494 e. The molecule has 1 aliphatic heterocycles. The monoisotopic (exact) mass is 150 g/mol. The third-order valence-corrected chi connectivity index (χ3v) is 2.48. The maximum Gasteiger partial charge on any atom is 0.109 e. The molecule has 1 heteroatoms. The van der Waals surface area contributed by atoms with Gasteiger partial charge in [-0.3, -0.25) is 0 Å². The van der Waals surface area contributed by atoms with Gasteiger partial charge in [-0.15, -0.1) is 0 Å². The van der Waals surface area contributed by atoms with Crippen LogP contribution in [0, 0.1) is 0 Å². The lowest BCUT2D eigenvalue weighted by Gasteiger charge is -2.23. The second-order valence-corrected chi connectivity index (χ2v) is 3.38. The Morgan fingerprint density at radius 1 is 1.27 bits per heavy atom. The summed E-state index contributed by atoms with van der Waals surface area (Å²) in [6, 6.07) is 0. The lowest BCUT2D eigenvalue weighted by Crippen LogP contribution is -2.09. The summed E-state index contributed by atoms with van der Waals surface area (Å²) in [6.45, 7) is 2.90. The third-order valence-electron chi connectivity index (χ3n) is 2.48. The van der Waals surface area contributed by atoms with Crippen LogP contribution in [0.3, 0.4) is 0 Å². The van der Waals surface area contributed by atoms with E-state index in [4.69, 9.17) is 4.74 Å². The van der Waals surface area contributed by atoms with Crippen molar-refractivity contribution in [1.29, 1.82) is 0 Å². The van der Waals surface area contributed by atoms with E-state index in [9.17, 15) is 0 Å². The number of hydrogen-bond acceptors (Lipinski definition) is 1. The molecule has 0 radical (unpaired) electrons.